The van der Waals surface area contributed by atoms with Crippen LogP contribution in [0, 0.1) is 0 Å². The molecule has 0 N–H and O–H groups in total. The summed E-state index contributed by atoms with van der Waals surface area (Å²) in [6, 6.07) is 1.58. The van der Waals surface area contributed by atoms with Crippen molar-refractivity contribution in [2.45, 2.75) is 90.5 Å². The lowest BCUT2D eigenvalue weighted by Gasteiger charge is -2.09. The molecule has 0 unspecified atom stereocenters. The Kier molecular flexibility index (Phi) is 12.7. The van der Waals surface area contributed by atoms with Gasteiger partial charge in [-0.15, -0.1) is 0 Å². The second kappa shape index (κ2) is 14.8. The zero-order chi connectivity index (χ0) is 18.2. The van der Waals surface area contributed by atoms with Crippen LogP contribution in [0.1, 0.15) is 84.0 Å². The lowest BCUT2D eigenvalue weighted by Crippen LogP contribution is -2.11. The average Bonchev–Trinajstić information content (AvgIpc) is 2.62. The summed E-state index contributed by atoms with van der Waals surface area (Å²) < 4.78 is 7.44. The number of ether oxygens (including phenoxy) is 1. The number of hydrogen-bond acceptors (Lipinski definition) is 2. The lowest BCUT2D eigenvalue weighted by molar-refractivity contribution is 0.355. The van der Waals surface area contributed by atoms with Gasteiger partial charge in [0, 0.05) is 18.8 Å². The molecule has 0 saturated heterocycles. The van der Waals surface area contributed by atoms with Crippen molar-refractivity contribution in [1.29, 1.82) is 0 Å². The highest BCUT2D eigenvalue weighted by Gasteiger charge is 2.01. The van der Waals surface area contributed by atoms with Gasteiger partial charge in [-0.1, -0.05) is 90.2 Å². The van der Waals surface area contributed by atoms with Gasteiger partial charge in [0.15, 0.2) is 5.75 Å². The van der Waals surface area contributed by atoms with Gasteiger partial charge in [0.25, 0.3) is 0 Å². The van der Waals surface area contributed by atoms with Crippen LogP contribution < -0.4 is 10.2 Å². The zero-order valence-corrected chi connectivity index (χ0v) is 16.2. The molecule has 0 fully saturated rings. The quantitative estimate of drug-likeness (QED) is 0.267. The van der Waals surface area contributed by atoms with Crippen LogP contribution in [0.25, 0.3) is 0 Å². The Morgan fingerprint density at radius 1 is 0.960 bits per heavy atom. The third-order valence-electron chi connectivity index (χ3n) is 4.57. The van der Waals surface area contributed by atoms with Crippen molar-refractivity contribution in [3.8, 4) is 5.75 Å². The maximum Gasteiger partial charge on any atom is 0.223 e. The SMILES string of the molecule is C=CCOc1cn(CCCCCCCCCCCCCC)ccc1=O. The van der Waals surface area contributed by atoms with Crippen LogP contribution in [0.15, 0.2) is 35.9 Å². The molecule has 1 rings (SSSR count). The van der Waals surface area contributed by atoms with Crippen LogP contribution >= 0.6 is 0 Å². The molecule has 0 saturated carbocycles. The number of pyridine rings is 1. The molecule has 3 heteroatoms. The third kappa shape index (κ3) is 10.9. The first-order chi connectivity index (χ1) is 12.3. The Bertz CT molecular complexity index is 507. The molecule has 0 atom stereocenters. The second-order valence-electron chi connectivity index (χ2n) is 6.90. The van der Waals surface area contributed by atoms with Gasteiger partial charge in [0.05, 0.1) is 6.20 Å². The van der Waals surface area contributed by atoms with Crippen molar-refractivity contribution in [2.24, 2.45) is 0 Å². The summed E-state index contributed by atoms with van der Waals surface area (Å²) in [7, 11) is 0. The Hall–Kier alpha value is -1.51. The van der Waals surface area contributed by atoms with E-state index in [1.54, 1.807) is 12.1 Å². The largest absolute Gasteiger partial charge is 0.484 e. The first kappa shape index (κ1) is 21.5. The first-order valence-electron chi connectivity index (χ1n) is 10.2. The van der Waals surface area contributed by atoms with Crippen LogP contribution in [0.4, 0.5) is 0 Å². The molecule has 3 nitrogen and oxygen atoms in total. The average molecular weight is 348 g/mol. The minimum atomic E-state index is -0.0622. The second-order valence-corrected chi connectivity index (χ2v) is 6.90. The predicted octanol–water partition coefficient (Wildman–Crippen LogP) is 6.11. The van der Waals surface area contributed by atoms with Crippen molar-refractivity contribution >= 4 is 0 Å². The summed E-state index contributed by atoms with van der Waals surface area (Å²) in [6.07, 6.45) is 21.6. The van der Waals surface area contributed by atoms with Crippen LogP contribution in [-0.2, 0) is 6.54 Å². The molecular formula is C22H37NO2. The Balaban J connectivity index is 2.02. The fourth-order valence-corrected chi connectivity index (χ4v) is 3.03. The Morgan fingerprint density at radius 2 is 1.52 bits per heavy atom. The van der Waals surface area contributed by atoms with Gasteiger partial charge in [-0.3, -0.25) is 4.79 Å². The van der Waals surface area contributed by atoms with Crippen molar-refractivity contribution < 1.29 is 4.74 Å². The highest BCUT2D eigenvalue weighted by Crippen LogP contribution is 2.12. The van der Waals surface area contributed by atoms with Crippen molar-refractivity contribution in [1.82, 2.24) is 4.57 Å². The molecule has 1 heterocycles. The number of rotatable bonds is 16. The molecule has 1 aromatic heterocycles. The van der Waals surface area contributed by atoms with Gasteiger partial charge in [0.1, 0.15) is 6.61 Å². The normalized spacial score (nSPS) is 10.8. The van der Waals surface area contributed by atoms with Gasteiger partial charge in [-0.25, -0.2) is 0 Å². The van der Waals surface area contributed by atoms with E-state index in [0.717, 1.165) is 13.0 Å². The van der Waals surface area contributed by atoms with E-state index in [0.29, 0.717) is 12.4 Å². The van der Waals surface area contributed by atoms with E-state index in [9.17, 15) is 4.79 Å². The minimum Gasteiger partial charge on any atom is -0.484 e. The fraction of sp³-hybridized carbons (Fsp3) is 0.682. The molecule has 142 valence electrons. The van der Waals surface area contributed by atoms with Gasteiger partial charge >= 0.3 is 0 Å². The van der Waals surface area contributed by atoms with Gasteiger partial charge in [0.2, 0.25) is 5.43 Å². The standard InChI is InChI=1S/C22H37NO2/c1-3-5-6-7-8-9-10-11-12-13-14-15-17-23-18-16-21(24)22(20-23)25-19-4-2/h4,16,18,20H,2-3,5-15,17,19H2,1H3. The Labute approximate surface area is 154 Å². The molecule has 0 aliphatic heterocycles. The summed E-state index contributed by atoms with van der Waals surface area (Å²) in [5.74, 6) is 0.418. The summed E-state index contributed by atoms with van der Waals surface area (Å²) in [5, 5.41) is 0. The Morgan fingerprint density at radius 3 is 2.08 bits per heavy atom. The molecule has 0 bridgehead atoms. The van der Waals surface area contributed by atoms with E-state index in [4.69, 9.17) is 4.74 Å². The maximum atomic E-state index is 11.7. The lowest BCUT2D eigenvalue weighted by atomic mass is 10.1. The molecule has 0 radical (unpaired) electrons. The van der Waals surface area contributed by atoms with Gasteiger partial charge < -0.3 is 9.30 Å². The van der Waals surface area contributed by atoms with E-state index >= 15 is 0 Å². The molecule has 0 amide bonds. The number of aryl methyl sites for hydroxylation is 1. The number of hydrogen-bond donors (Lipinski definition) is 0. The topological polar surface area (TPSA) is 31.2 Å². The van der Waals surface area contributed by atoms with E-state index < -0.39 is 0 Å². The van der Waals surface area contributed by atoms with Crippen LogP contribution in [0.2, 0.25) is 0 Å². The molecule has 25 heavy (non-hydrogen) atoms. The fourth-order valence-electron chi connectivity index (χ4n) is 3.03. The molecular weight excluding hydrogens is 310 g/mol. The van der Waals surface area contributed by atoms with Crippen LogP contribution in [0.5, 0.6) is 5.75 Å². The molecule has 0 aromatic carbocycles. The summed E-state index contributed by atoms with van der Waals surface area (Å²) in [6.45, 7) is 7.20. The van der Waals surface area contributed by atoms with E-state index in [-0.39, 0.29) is 5.43 Å². The third-order valence-corrected chi connectivity index (χ3v) is 4.57. The molecule has 0 aliphatic rings. The number of unbranched alkanes of at least 4 members (excludes halogenated alkanes) is 11. The smallest absolute Gasteiger partial charge is 0.223 e. The summed E-state index contributed by atoms with van der Waals surface area (Å²) >= 11 is 0. The van der Waals surface area contributed by atoms with Crippen molar-refractivity contribution in [2.75, 3.05) is 6.61 Å². The van der Waals surface area contributed by atoms with Crippen molar-refractivity contribution in [3.63, 3.8) is 0 Å². The van der Waals surface area contributed by atoms with Crippen molar-refractivity contribution in [3.05, 3.63) is 41.3 Å². The highest BCUT2D eigenvalue weighted by atomic mass is 16.5. The van der Waals surface area contributed by atoms with E-state index in [2.05, 4.69) is 18.1 Å². The molecule has 0 aliphatic carbocycles. The minimum absolute atomic E-state index is 0.0622. The summed E-state index contributed by atoms with van der Waals surface area (Å²) in [5.41, 5.74) is -0.0622. The van der Waals surface area contributed by atoms with Gasteiger partial charge in [-0.05, 0) is 6.42 Å². The number of aromatic nitrogens is 1. The molecule has 1 aromatic rings. The predicted molar refractivity (Wildman–Crippen MR) is 107 cm³/mol. The maximum absolute atomic E-state index is 11.7. The van der Waals surface area contributed by atoms with Crippen LogP contribution in [-0.4, -0.2) is 11.2 Å². The monoisotopic (exact) mass is 347 g/mol. The van der Waals surface area contributed by atoms with Gasteiger partial charge in [-0.2, -0.15) is 0 Å². The van der Waals surface area contributed by atoms with E-state index in [1.807, 2.05) is 12.4 Å². The molecule has 0 spiro atoms. The highest BCUT2D eigenvalue weighted by molar-refractivity contribution is 5.17. The number of nitrogens with zero attached hydrogens (tertiary/aromatic N) is 1. The summed E-state index contributed by atoms with van der Waals surface area (Å²) in [4.78, 5) is 11.7. The first-order valence-corrected chi connectivity index (χ1v) is 10.2. The zero-order valence-electron chi connectivity index (χ0n) is 16.2. The van der Waals surface area contributed by atoms with Crippen LogP contribution in [0.3, 0.4) is 0 Å². The van der Waals surface area contributed by atoms with E-state index in [1.165, 1.54) is 70.6 Å².